The van der Waals surface area contributed by atoms with Gasteiger partial charge in [0, 0.05) is 5.41 Å². The molecule has 4 bridgehead atoms. The van der Waals surface area contributed by atoms with Gasteiger partial charge in [0.05, 0.1) is 0 Å². The second kappa shape index (κ2) is 3.67. The molecule has 6 heteroatoms. The number of aliphatic hydroxyl groups excluding tert-OH is 1. The molecule has 6 nitrogen and oxygen atoms in total. The standard InChI is InChI=1S/C12H15N3O3/c13-14-11(15(17)18)10(16)12-4-7-1-8(5-12)3-9(2-7)6-12/h7-9H,1-6H2/p+1. The minimum atomic E-state index is -0.798. The van der Waals surface area contributed by atoms with Gasteiger partial charge in [0.1, 0.15) is 0 Å². The zero-order valence-electron chi connectivity index (χ0n) is 10.1. The maximum atomic E-state index is 10.8. The summed E-state index contributed by atoms with van der Waals surface area (Å²) in [6.45, 7) is 0. The van der Waals surface area contributed by atoms with Gasteiger partial charge in [-0.1, -0.05) is 0 Å². The maximum Gasteiger partial charge on any atom is 0.705 e. The molecule has 4 aliphatic rings. The zero-order chi connectivity index (χ0) is 12.9. The molecule has 0 atom stereocenters. The van der Waals surface area contributed by atoms with Crippen molar-refractivity contribution in [2.24, 2.45) is 23.2 Å². The molecule has 4 rings (SSSR count). The Balaban J connectivity index is 2.01. The topological polar surface area (TPSA) is 91.5 Å². The molecule has 4 aliphatic carbocycles. The van der Waals surface area contributed by atoms with E-state index in [4.69, 9.17) is 5.39 Å². The lowest BCUT2D eigenvalue weighted by Gasteiger charge is -2.55. The molecule has 0 radical (unpaired) electrons. The molecule has 0 spiro atoms. The molecule has 1 N–H and O–H groups in total. The Kier molecular flexibility index (Phi) is 2.34. The third-order valence-corrected chi connectivity index (χ3v) is 5.02. The van der Waals surface area contributed by atoms with Crippen LogP contribution in [-0.4, -0.2) is 10.0 Å². The van der Waals surface area contributed by atoms with Crippen LogP contribution in [0.1, 0.15) is 38.5 Å². The lowest BCUT2D eigenvalue weighted by atomic mass is 9.49. The summed E-state index contributed by atoms with van der Waals surface area (Å²) in [7, 11) is 0. The van der Waals surface area contributed by atoms with Gasteiger partial charge in [-0.2, -0.15) is 0 Å². The van der Waals surface area contributed by atoms with E-state index in [1.165, 1.54) is 19.3 Å². The van der Waals surface area contributed by atoms with Crippen LogP contribution in [0.25, 0.3) is 4.98 Å². The van der Waals surface area contributed by atoms with Gasteiger partial charge in [0.25, 0.3) is 10.7 Å². The normalized spacial score (nSPS) is 42.3. The molecule has 4 fully saturated rings. The highest BCUT2D eigenvalue weighted by Gasteiger charge is 2.57. The van der Waals surface area contributed by atoms with Crippen molar-refractivity contribution in [3.05, 3.63) is 26.7 Å². The first-order valence-electron chi connectivity index (χ1n) is 6.47. The molecule has 0 amide bonds. The molecule has 0 heterocycles. The lowest BCUT2D eigenvalue weighted by molar-refractivity contribution is -0.424. The summed E-state index contributed by atoms with van der Waals surface area (Å²) in [5.41, 5.74) is -0.497. The van der Waals surface area contributed by atoms with Crippen molar-refractivity contribution < 1.29 is 10.0 Å². The molecule has 0 aromatic heterocycles. The number of allylic oxidation sites excluding steroid dienone is 1. The van der Waals surface area contributed by atoms with E-state index in [0.717, 1.165) is 19.3 Å². The third-order valence-electron chi connectivity index (χ3n) is 5.02. The number of nitrogens with zero attached hydrogens (tertiary/aromatic N) is 3. The Morgan fingerprint density at radius 1 is 1.22 bits per heavy atom. The van der Waals surface area contributed by atoms with E-state index >= 15 is 0 Å². The minimum Gasteiger partial charge on any atom is -0.500 e. The third kappa shape index (κ3) is 1.50. The molecule has 96 valence electrons. The number of hydrogen-bond acceptors (Lipinski definition) is 4. The van der Waals surface area contributed by atoms with Crippen LogP contribution in [0.3, 0.4) is 0 Å². The molecule has 18 heavy (non-hydrogen) atoms. The van der Waals surface area contributed by atoms with Crippen LogP contribution in [0.4, 0.5) is 0 Å². The quantitative estimate of drug-likeness (QED) is 0.353. The van der Waals surface area contributed by atoms with E-state index in [2.05, 4.69) is 4.98 Å². The molecular formula is C12H16N3O3+. The second-order valence-electron chi connectivity index (χ2n) is 6.23. The summed E-state index contributed by atoms with van der Waals surface area (Å²) in [6.07, 6.45) is 5.98. The van der Waals surface area contributed by atoms with Crippen LogP contribution in [-0.2, 0) is 0 Å². The predicted octanol–water partition coefficient (Wildman–Crippen LogP) is 3.06. The first-order chi connectivity index (χ1) is 8.54. The largest absolute Gasteiger partial charge is 0.705 e. The molecule has 4 saturated carbocycles. The van der Waals surface area contributed by atoms with Crippen LogP contribution >= 0.6 is 0 Å². The Bertz CT molecular complexity index is 442. The summed E-state index contributed by atoms with van der Waals surface area (Å²) in [5.74, 6) is 0.659. The molecule has 0 aliphatic heterocycles. The van der Waals surface area contributed by atoms with E-state index in [-0.39, 0.29) is 5.76 Å². The van der Waals surface area contributed by atoms with Crippen LogP contribution in [0.2, 0.25) is 0 Å². The SMILES string of the molecule is N#[N+]C(=C(O)C12CC3CC(CC(C3)C1)C2)[N+](=O)[O-]. The van der Waals surface area contributed by atoms with Crippen LogP contribution in [0.15, 0.2) is 11.6 Å². The van der Waals surface area contributed by atoms with Crippen LogP contribution in [0, 0.1) is 38.7 Å². The van der Waals surface area contributed by atoms with E-state index < -0.39 is 16.2 Å². The highest BCUT2D eigenvalue weighted by molar-refractivity contribution is 5.20. The van der Waals surface area contributed by atoms with Crippen molar-refractivity contribution in [3.8, 4) is 0 Å². The van der Waals surface area contributed by atoms with Gasteiger partial charge in [-0.3, -0.25) is 10.1 Å². The van der Waals surface area contributed by atoms with E-state index in [1.54, 1.807) is 0 Å². The predicted molar refractivity (Wildman–Crippen MR) is 62.3 cm³/mol. The van der Waals surface area contributed by atoms with Crippen molar-refractivity contribution >= 4 is 0 Å². The summed E-state index contributed by atoms with van der Waals surface area (Å²) in [4.78, 5) is 12.7. The smallest absolute Gasteiger partial charge is 0.500 e. The van der Waals surface area contributed by atoms with Crippen molar-refractivity contribution in [2.75, 3.05) is 0 Å². The van der Waals surface area contributed by atoms with Gasteiger partial charge in [0.2, 0.25) is 5.39 Å². The van der Waals surface area contributed by atoms with Crippen LogP contribution < -0.4 is 0 Å². The number of aliphatic hydroxyl groups is 1. The van der Waals surface area contributed by atoms with Crippen LogP contribution in [0.5, 0.6) is 0 Å². The van der Waals surface area contributed by atoms with Gasteiger partial charge in [-0.25, -0.2) is 0 Å². The fourth-order valence-electron chi connectivity index (χ4n) is 4.81. The summed E-state index contributed by atoms with van der Waals surface area (Å²) >= 11 is 0. The fourth-order valence-corrected chi connectivity index (χ4v) is 4.81. The average molecular weight is 250 g/mol. The van der Waals surface area contributed by atoms with Gasteiger partial charge < -0.3 is 5.11 Å². The van der Waals surface area contributed by atoms with Gasteiger partial charge in [0.15, 0.2) is 4.92 Å². The van der Waals surface area contributed by atoms with Crippen molar-refractivity contribution in [1.82, 2.24) is 0 Å². The Morgan fingerprint density at radius 3 is 2.00 bits per heavy atom. The number of rotatable bonds is 2. The van der Waals surface area contributed by atoms with Gasteiger partial charge in [-0.05, 0) is 56.3 Å². The first kappa shape index (κ1) is 11.5. The second-order valence-corrected chi connectivity index (χ2v) is 6.23. The number of diazo groups is 1. The average Bonchev–Trinajstić information content (AvgIpc) is 2.27. The van der Waals surface area contributed by atoms with Crippen molar-refractivity contribution in [3.63, 3.8) is 0 Å². The van der Waals surface area contributed by atoms with E-state index in [1.807, 2.05) is 0 Å². The van der Waals surface area contributed by atoms with Crippen molar-refractivity contribution in [1.29, 1.82) is 5.39 Å². The highest BCUT2D eigenvalue weighted by Crippen LogP contribution is 2.62. The summed E-state index contributed by atoms with van der Waals surface area (Å²) in [5, 5.41) is 29.8. The van der Waals surface area contributed by atoms with Crippen molar-refractivity contribution in [2.45, 2.75) is 38.5 Å². The minimum absolute atomic E-state index is 0.297. The highest BCUT2D eigenvalue weighted by atomic mass is 16.6. The van der Waals surface area contributed by atoms with E-state index in [9.17, 15) is 15.2 Å². The van der Waals surface area contributed by atoms with Gasteiger partial charge >= 0.3 is 5.82 Å². The molecular weight excluding hydrogens is 234 g/mol. The zero-order valence-corrected chi connectivity index (χ0v) is 10.1. The van der Waals surface area contributed by atoms with E-state index in [0.29, 0.717) is 17.8 Å². The number of nitro groups is 1. The molecule has 0 aromatic carbocycles. The lowest BCUT2D eigenvalue weighted by Crippen LogP contribution is -2.47. The fraction of sp³-hybridized carbons (Fsp3) is 0.833. The molecule has 0 unspecified atom stereocenters. The summed E-state index contributed by atoms with van der Waals surface area (Å²) < 4.78 is 0. The first-order valence-corrected chi connectivity index (χ1v) is 6.47. The Morgan fingerprint density at radius 2 is 1.67 bits per heavy atom. The Hall–Kier alpha value is -1.64. The van der Waals surface area contributed by atoms with Gasteiger partial charge in [-0.15, -0.1) is 0 Å². The monoisotopic (exact) mass is 250 g/mol. The molecule has 0 saturated heterocycles. The maximum absolute atomic E-state index is 10.8. The molecule has 0 aromatic rings. The summed E-state index contributed by atoms with van der Waals surface area (Å²) in [6, 6.07) is 0. The number of hydrogen-bond donors (Lipinski definition) is 1. The Labute approximate surface area is 104 Å².